The lowest BCUT2D eigenvalue weighted by atomic mass is 9.96. The van der Waals surface area contributed by atoms with Crippen molar-refractivity contribution in [2.75, 3.05) is 11.1 Å². The van der Waals surface area contributed by atoms with E-state index in [9.17, 15) is 9.59 Å². The maximum Gasteiger partial charge on any atom is 0.261 e. The number of aromatic nitrogens is 3. The molecule has 1 aliphatic heterocycles. The Morgan fingerprint density at radius 1 is 1.38 bits per heavy atom. The van der Waals surface area contributed by atoms with Crippen molar-refractivity contribution >= 4 is 34.7 Å². The minimum absolute atomic E-state index is 0.142. The molecule has 7 heteroatoms. The maximum absolute atomic E-state index is 12.1. The lowest BCUT2D eigenvalue weighted by molar-refractivity contribution is -0.123. The second kappa shape index (κ2) is 4.84. The molecule has 0 aliphatic carbocycles. The van der Waals surface area contributed by atoms with Crippen LogP contribution in [-0.4, -0.2) is 26.6 Å². The van der Waals surface area contributed by atoms with Gasteiger partial charge in [0.05, 0.1) is 5.39 Å². The Hall–Kier alpha value is -1.89. The first-order valence-electron chi connectivity index (χ1n) is 6.73. The van der Waals surface area contributed by atoms with Gasteiger partial charge < -0.3 is 0 Å². The smallest absolute Gasteiger partial charge is 0.261 e. The summed E-state index contributed by atoms with van der Waals surface area (Å²) in [6, 6.07) is 1.85. The van der Waals surface area contributed by atoms with Gasteiger partial charge in [-0.25, -0.2) is 4.98 Å². The molecule has 0 unspecified atom stereocenters. The van der Waals surface area contributed by atoms with Crippen LogP contribution >= 0.6 is 11.8 Å². The first-order chi connectivity index (χ1) is 9.84. The van der Waals surface area contributed by atoms with Gasteiger partial charge in [-0.1, -0.05) is 20.8 Å². The van der Waals surface area contributed by atoms with Gasteiger partial charge in [0.25, 0.3) is 5.56 Å². The number of carbonyl (C=O) groups is 1. The van der Waals surface area contributed by atoms with E-state index in [0.717, 1.165) is 22.8 Å². The minimum atomic E-state index is -0.561. The number of pyridine rings is 1. The zero-order valence-corrected chi connectivity index (χ0v) is 12.9. The fourth-order valence-electron chi connectivity index (χ4n) is 2.01. The predicted octanol–water partition coefficient (Wildman–Crippen LogP) is 1.95. The molecule has 3 heterocycles. The van der Waals surface area contributed by atoms with E-state index in [1.807, 2.05) is 6.07 Å². The molecule has 0 aromatic carbocycles. The molecule has 3 rings (SSSR count). The van der Waals surface area contributed by atoms with Crippen molar-refractivity contribution in [1.29, 1.82) is 0 Å². The third-order valence-electron chi connectivity index (χ3n) is 3.26. The average molecular weight is 304 g/mol. The normalized spacial score (nSPS) is 14.2. The molecular formula is C14H16N4O2S. The Kier molecular flexibility index (Phi) is 3.24. The van der Waals surface area contributed by atoms with Crippen LogP contribution in [0, 0.1) is 5.41 Å². The van der Waals surface area contributed by atoms with Gasteiger partial charge in [-0.3, -0.25) is 19.9 Å². The molecule has 21 heavy (non-hydrogen) atoms. The second-order valence-electron chi connectivity index (χ2n) is 6.04. The Morgan fingerprint density at radius 3 is 2.86 bits per heavy atom. The summed E-state index contributed by atoms with van der Waals surface area (Å²) in [5.74, 6) is 0.910. The highest BCUT2D eigenvalue weighted by Gasteiger charge is 2.23. The van der Waals surface area contributed by atoms with Crippen LogP contribution < -0.4 is 10.9 Å². The van der Waals surface area contributed by atoms with E-state index in [0.29, 0.717) is 11.0 Å². The standard InChI is InChI=1S/C14H16N4O2S/c1-14(2,3)12(20)18-13-16-9-8(10(19)17-13)6-7-4-5-21-11(7)15-9/h6H,4-5H2,1-3H3,(H2,15,16,17,18,19,20). The number of nitrogens with one attached hydrogen (secondary N) is 2. The number of hydrogen-bond donors (Lipinski definition) is 2. The summed E-state index contributed by atoms with van der Waals surface area (Å²) in [6.45, 7) is 5.38. The molecule has 0 saturated carbocycles. The van der Waals surface area contributed by atoms with Crippen LogP contribution in [0.2, 0.25) is 0 Å². The summed E-state index contributed by atoms with van der Waals surface area (Å²) < 4.78 is 0. The number of carbonyl (C=O) groups excluding carboxylic acids is 1. The molecule has 0 saturated heterocycles. The van der Waals surface area contributed by atoms with Gasteiger partial charge in [0.2, 0.25) is 11.9 Å². The summed E-state index contributed by atoms with van der Waals surface area (Å²) in [5.41, 5.74) is 0.619. The monoisotopic (exact) mass is 304 g/mol. The van der Waals surface area contributed by atoms with E-state index < -0.39 is 5.41 Å². The number of aromatic amines is 1. The van der Waals surface area contributed by atoms with Gasteiger partial charge in [0, 0.05) is 11.2 Å². The molecule has 0 fully saturated rings. The molecule has 2 aromatic heterocycles. The molecule has 0 bridgehead atoms. The quantitative estimate of drug-likeness (QED) is 0.840. The summed E-state index contributed by atoms with van der Waals surface area (Å²) in [7, 11) is 0. The lowest BCUT2D eigenvalue weighted by Crippen LogP contribution is -2.29. The number of rotatable bonds is 1. The van der Waals surface area contributed by atoms with Crippen LogP contribution in [0.15, 0.2) is 15.9 Å². The van der Waals surface area contributed by atoms with Gasteiger partial charge >= 0.3 is 0 Å². The summed E-state index contributed by atoms with van der Waals surface area (Å²) in [5, 5.41) is 4.02. The number of anilines is 1. The minimum Gasteiger partial charge on any atom is -0.296 e. The molecule has 110 valence electrons. The molecule has 0 spiro atoms. The fraction of sp³-hybridized carbons (Fsp3) is 0.429. The predicted molar refractivity (Wildman–Crippen MR) is 82.7 cm³/mol. The van der Waals surface area contributed by atoms with Crippen molar-refractivity contribution in [1.82, 2.24) is 15.0 Å². The maximum atomic E-state index is 12.1. The van der Waals surface area contributed by atoms with Crippen LogP contribution in [0.25, 0.3) is 11.0 Å². The van der Waals surface area contributed by atoms with Gasteiger partial charge in [0.1, 0.15) is 5.03 Å². The third-order valence-corrected chi connectivity index (χ3v) is 4.29. The Balaban J connectivity index is 2.05. The number of H-pyrrole nitrogens is 1. The van der Waals surface area contributed by atoms with Crippen LogP contribution in [0.3, 0.4) is 0 Å². The molecule has 1 amide bonds. The number of nitrogens with zero attached hydrogens (tertiary/aromatic N) is 2. The Labute approximate surface area is 125 Å². The average Bonchev–Trinajstić information content (AvgIpc) is 2.82. The molecule has 0 radical (unpaired) electrons. The topological polar surface area (TPSA) is 87.7 Å². The lowest BCUT2D eigenvalue weighted by Gasteiger charge is -2.16. The van der Waals surface area contributed by atoms with Crippen molar-refractivity contribution in [3.8, 4) is 0 Å². The number of hydrogen-bond acceptors (Lipinski definition) is 5. The van der Waals surface area contributed by atoms with Crippen molar-refractivity contribution in [3.05, 3.63) is 22.0 Å². The molecular weight excluding hydrogens is 288 g/mol. The summed E-state index contributed by atoms with van der Waals surface area (Å²) in [4.78, 5) is 35.4. The summed E-state index contributed by atoms with van der Waals surface area (Å²) >= 11 is 1.66. The van der Waals surface area contributed by atoms with Crippen molar-refractivity contribution in [3.63, 3.8) is 0 Å². The number of thioether (sulfide) groups is 1. The van der Waals surface area contributed by atoms with Crippen LogP contribution in [0.5, 0.6) is 0 Å². The molecule has 2 aromatic rings. The first-order valence-corrected chi connectivity index (χ1v) is 7.71. The van der Waals surface area contributed by atoms with Crippen LogP contribution in [0.4, 0.5) is 5.95 Å². The van der Waals surface area contributed by atoms with Crippen LogP contribution in [0.1, 0.15) is 26.3 Å². The highest BCUT2D eigenvalue weighted by Crippen LogP contribution is 2.30. The number of aryl methyl sites for hydroxylation is 1. The van der Waals surface area contributed by atoms with Crippen LogP contribution in [-0.2, 0) is 11.2 Å². The van der Waals surface area contributed by atoms with E-state index in [4.69, 9.17) is 0 Å². The second-order valence-corrected chi connectivity index (χ2v) is 7.12. The van der Waals surface area contributed by atoms with E-state index >= 15 is 0 Å². The molecule has 1 aliphatic rings. The molecule has 2 N–H and O–H groups in total. The molecule has 6 nitrogen and oxygen atoms in total. The fourth-order valence-corrected chi connectivity index (χ4v) is 3.02. The highest BCUT2D eigenvalue weighted by molar-refractivity contribution is 7.99. The van der Waals surface area contributed by atoms with Gasteiger partial charge in [-0.05, 0) is 18.1 Å². The zero-order valence-electron chi connectivity index (χ0n) is 12.1. The largest absolute Gasteiger partial charge is 0.296 e. The van der Waals surface area contributed by atoms with Gasteiger partial charge in [-0.2, -0.15) is 4.98 Å². The van der Waals surface area contributed by atoms with Crippen molar-refractivity contribution in [2.24, 2.45) is 5.41 Å². The van der Waals surface area contributed by atoms with Gasteiger partial charge in [0.15, 0.2) is 5.65 Å². The highest BCUT2D eigenvalue weighted by atomic mass is 32.2. The van der Waals surface area contributed by atoms with E-state index in [1.165, 1.54) is 0 Å². The Morgan fingerprint density at radius 2 is 2.14 bits per heavy atom. The number of amides is 1. The van der Waals surface area contributed by atoms with Crippen molar-refractivity contribution < 1.29 is 4.79 Å². The van der Waals surface area contributed by atoms with E-state index in [-0.39, 0.29) is 17.4 Å². The first kappa shape index (κ1) is 14.1. The van der Waals surface area contributed by atoms with Gasteiger partial charge in [-0.15, -0.1) is 11.8 Å². The molecule has 0 atom stereocenters. The van der Waals surface area contributed by atoms with Crippen molar-refractivity contribution in [2.45, 2.75) is 32.2 Å². The third kappa shape index (κ3) is 2.65. The summed E-state index contributed by atoms with van der Waals surface area (Å²) in [6.07, 6.45) is 0.922. The number of fused-ring (bicyclic) bond motifs is 2. The zero-order chi connectivity index (χ0) is 15.2. The van der Waals surface area contributed by atoms with E-state index in [1.54, 1.807) is 32.5 Å². The Bertz CT molecular complexity index is 792. The van der Waals surface area contributed by atoms with E-state index in [2.05, 4.69) is 20.3 Å². The SMILES string of the molecule is CC(C)(C)C(=O)Nc1nc2nc3c(cc2c(=O)[nH]1)CCS3.